The molecule has 0 fully saturated rings. The molecular weight excluding hydrogens is 306 g/mol. The highest BCUT2D eigenvalue weighted by atomic mass is 79.9. The lowest BCUT2D eigenvalue weighted by molar-refractivity contribution is 0.0758. The van der Waals surface area contributed by atoms with E-state index in [4.69, 9.17) is 0 Å². The summed E-state index contributed by atoms with van der Waals surface area (Å²) >= 11 is 3.38. The Morgan fingerprint density at radius 2 is 2.11 bits per heavy atom. The summed E-state index contributed by atoms with van der Waals surface area (Å²) in [6.45, 7) is 1.99. The third-order valence-corrected chi connectivity index (χ3v) is 3.99. The first-order valence-electron chi connectivity index (χ1n) is 6.06. The van der Waals surface area contributed by atoms with Crippen LogP contribution in [-0.4, -0.2) is 39.0 Å². The summed E-state index contributed by atoms with van der Waals surface area (Å²) in [6.07, 6.45) is 3.36. The van der Waals surface area contributed by atoms with Crippen LogP contribution >= 0.6 is 15.9 Å². The van der Waals surface area contributed by atoms with Crippen LogP contribution in [0.4, 0.5) is 0 Å². The van der Waals surface area contributed by atoms with Gasteiger partial charge in [0.15, 0.2) is 0 Å². The number of rotatable bonds is 4. The van der Waals surface area contributed by atoms with Gasteiger partial charge in [0.1, 0.15) is 0 Å². The molecule has 1 unspecified atom stereocenters. The molecule has 0 saturated carbocycles. The number of hydrogen-bond acceptors (Lipinski definition) is 2. The number of alkyl halides is 1. The zero-order valence-corrected chi connectivity index (χ0v) is 12.5. The Labute approximate surface area is 121 Å². The molecule has 1 amide bonds. The average molecular weight is 322 g/mol. The van der Waals surface area contributed by atoms with Crippen molar-refractivity contribution in [1.82, 2.24) is 14.7 Å². The van der Waals surface area contributed by atoms with Gasteiger partial charge in [0.05, 0.1) is 17.4 Å². The Morgan fingerprint density at radius 1 is 1.42 bits per heavy atom. The molecule has 0 aliphatic carbocycles. The zero-order valence-electron chi connectivity index (χ0n) is 11.0. The normalized spacial score (nSPS) is 12.2. The van der Waals surface area contributed by atoms with Crippen LogP contribution in [0.15, 0.2) is 42.7 Å². The van der Waals surface area contributed by atoms with E-state index in [1.165, 1.54) is 0 Å². The van der Waals surface area contributed by atoms with Crippen molar-refractivity contribution in [1.29, 1.82) is 0 Å². The van der Waals surface area contributed by atoms with Crippen LogP contribution in [0.3, 0.4) is 0 Å². The topological polar surface area (TPSA) is 38.1 Å². The van der Waals surface area contributed by atoms with Gasteiger partial charge >= 0.3 is 0 Å². The fourth-order valence-corrected chi connectivity index (χ4v) is 2.10. The average Bonchev–Trinajstić information content (AvgIpc) is 2.95. The first-order chi connectivity index (χ1) is 9.13. The minimum atomic E-state index is -0.0193. The minimum Gasteiger partial charge on any atom is -0.338 e. The van der Waals surface area contributed by atoms with Crippen LogP contribution in [0.2, 0.25) is 0 Å². The van der Waals surface area contributed by atoms with Gasteiger partial charge in [-0.25, -0.2) is 4.68 Å². The van der Waals surface area contributed by atoms with Crippen LogP contribution in [-0.2, 0) is 0 Å². The van der Waals surface area contributed by atoms with Gasteiger partial charge < -0.3 is 4.90 Å². The number of hydrogen-bond donors (Lipinski definition) is 0. The summed E-state index contributed by atoms with van der Waals surface area (Å²) in [4.78, 5) is 14.0. The highest BCUT2D eigenvalue weighted by Crippen LogP contribution is 2.11. The third-order valence-electron chi connectivity index (χ3n) is 3.06. The smallest absolute Gasteiger partial charge is 0.257 e. The summed E-state index contributed by atoms with van der Waals surface area (Å²) in [5, 5.41) is 4.98. The molecule has 2 aromatic rings. The first kappa shape index (κ1) is 13.8. The second kappa shape index (κ2) is 6.02. The Hall–Kier alpha value is -1.62. The number of amides is 1. The number of nitrogens with zero attached hydrogens (tertiary/aromatic N) is 3. The summed E-state index contributed by atoms with van der Waals surface area (Å²) in [5.41, 5.74) is 1.54. The Morgan fingerprint density at radius 3 is 2.74 bits per heavy atom. The van der Waals surface area contributed by atoms with Gasteiger partial charge in [0, 0.05) is 24.6 Å². The van der Waals surface area contributed by atoms with E-state index < -0.39 is 0 Å². The highest BCUT2D eigenvalue weighted by Gasteiger charge is 2.18. The predicted molar refractivity (Wildman–Crippen MR) is 78.9 cm³/mol. The molecule has 0 aliphatic heterocycles. The summed E-state index contributed by atoms with van der Waals surface area (Å²) < 4.78 is 1.71. The Kier molecular flexibility index (Phi) is 4.37. The maximum absolute atomic E-state index is 12.2. The van der Waals surface area contributed by atoms with Crippen LogP contribution in [0, 0.1) is 0 Å². The van der Waals surface area contributed by atoms with E-state index in [1.54, 1.807) is 29.0 Å². The highest BCUT2D eigenvalue weighted by molar-refractivity contribution is 9.09. The molecule has 0 bridgehead atoms. The maximum atomic E-state index is 12.2. The fourth-order valence-electron chi connectivity index (χ4n) is 1.66. The van der Waals surface area contributed by atoms with E-state index in [9.17, 15) is 4.79 Å². The number of carbonyl (C=O) groups excluding carboxylic acids is 1. The van der Waals surface area contributed by atoms with Gasteiger partial charge in [-0.1, -0.05) is 34.1 Å². The van der Waals surface area contributed by atoms with Crippen LogP contribution in [0.25, 0.3) is 5.69 Å². The van der Waals surface area contributed by atoms with E-state index in [0.717, 1.165) is 11.0 Å². The standard InChI is InChI=1S/C14H16BrN3O/c1-11(8-15)17(2)14(19)12-9-16-18(10-12)13-6-4-3-5-7-13/h3-7,9-11H,8H2,1-2H3. The van der Waals surface area contributed by atoms with Crippen LogP contribution < -0.4 is 0 Å². The van der Waals surface area contributed by atoms with E-state index in [1.807, 2.05) is 37.3 Å². The van der Waals surface area contributed by atoms with Crippen molar-refractivity contribution in [2.24, 2.45) is 0 Å². The molecule has 0 N–H and O–H groups in total. The van der Waals surface area contributed by atoms with Crippen molar-refractivity contribution in [2.45, 2.75) is 13.0 Å². The number of benzene rings is 1. The number of aromatic nitrogens is 2. The lowest BCUT2D eigenvalue weighted by Gasteiger charge is -2.22. The quantitative estimate of drug-likeness (QED) is 0.812. The number of carbonyl (C=O) groups is 1. The molecule has 0 aliphatic rings. The molecule has 0 radical (unpaired) electrons. The second-order valence-electron chi connectivity index (χ2n) is 4.43. The molecule has 19 heavy (non-hydrogen) atoms. The van der Waals surface area contributed by atoms with Gasteiger partial charge in [0.25, 0.3) is 5.91 Å². The van der Waals surface area contributed by atoms with Crippen molar-refractivity contribution >= 4 is 21.8 Å². The molecule has 0 saturated heterocycles. The lowest BCUT2D eigenvalue weighted by Crippen LogP contribution is -2.35. The summed E-state index contributed by atoms with van der Waals surface area (Å²) in [6, 6.07) is 9.88. The third kappa shape index (κ3) is 3.04. The van der Waals surface area contributed by atoms with E-state index in [-0.39, 0.29) is 11.9 Å². The molecule has 2 rings (SSSR count). The monoisotopic (exact) mass is 321 g/mol. The Balaban J connectivity index is 2.20. The van der Waals surface area contributed by atoms with Crippen molar-refractivity contribution in [3.8, 4) is 5.69 Å². The molecule has 4 nitrogen and oxygen atoms in total. The van der Waals surface area contributed by atoms with Crippen LogP contribution in [0.5, 0.6) is 0 Å². The molecule has 0 spiro atoms. The first-order valence-corrected chi connectivity index (χ1v) is 7.19. The van der Waals surface area contributed by atoms with Gasteiger partial charge in [-0.3, -0.25) is 4.79 Å². The van der Waals surface area contributed by atoms with Gasteiger partial charge in [-0.05, 0) is 19.1 Å². The van der Waals surface area contributed by atoms with Gasteiger partial charge in [-0.2, -0.15) is 5.10 Å². The van der Waals surface area contributed by atoms with E-state index in [0.29, 0.717) is 5.56 Å². The molecular formula is C14H16BrN3O. The molecule has 1 atom stereocenters. The molecule has 100 valence electrons. The van der Waals surface area contributed by atoms with E-state index >= 15 is 0 Å². The molecule has 1 heterocycles. The molecule has 1 aromatic carbocycles. The summed E-state index contributed by atoms with van der Waals surface area (Å²) in [7, 11) is 1.80. The van der Waals surface area contributed by atoms with Gasteiger partial charge in [0.2, 0.25) is 0 Å². The predicted octanol–water partition coefficient (Wildman–Crippen LogP) is 2.73. The molecule has 5 heteroatoms. The SMILES string of the molecule is CC(CBr)N(C)C(=O)c1cnn(-c2ccccc2)c1. The van der Waals surface area contributed by atoms with E-state index in [2.05, 4.69) is 21.0 Å². The zero-order chi connectivity index (χ0) is 13.8. The fraction of sp³-hybridized carbons (Fsp3) is 0.286. The molecule has 1 aromatic heterocycles. The van der Waals surface area contributed by atoms with Crippen molar-refractivity contribution in [3.05, 3.63) is 48.3 Å². The van der Waals surface area contributed by atoms with Crippen molar-refractivity contribution in [2.75, 3.05) is 12.4 Å². The Bertz CT molecular complexity index is 553. The van der Waals surface area contributed by atoms with Crippen molar-refractivity contribution < 1.29 is 4.79 Å². The van der Waals surface area contributed by atoms with Crippen LogP contribution in [0.1, 0.15) is 17.3 Å². The maximum Gasteiger partial charge on any atom is 0.257 e. The minimum absolute atomic E-state index is 0.0193. The summed E-state index contributed by atoms with van der Waals surface area (Å²) in [5.74, 6) is -0.0193. The number of halogens is 1. The lowest BCUT2D eigenvalue weighted by atomic mass is 10.2. The second-order valence-corrected chi connectivity index (χ2v) is 5.08. The van der Waals surface area contributed by atoms with Gasteiger partial charge in [-0.15, -0.1) is 0 Å². The number of para-hydroxylation sites is 1. The largest absolute Gasteiger partial charge is 0.338 e. The van der Waals surface area contributed by atoms with Crippen molar-refractivity contribution in [3.63, 3.8) is 0 Å².